The van der Waals surface area contributed by atoms with E-state index in [4.69, 9.17) is 31.0 Å². The van der Waals surface area contributed by atoms with Crippen LogP contribution in [-0.2, 0) is 31.6 Å². The van der Waals surface area contributed by atoms with Crippen LogP contribution in [0.25, 0.3) is 11.2 Å². The first-order chi connectivity index (χ1) is 13.8. The predicted octanol–water partition coefficient (Wildman–Crippen LogP) is 0.471. The van der Waals surface area contributed by atoms with Gasteiger partial charge in [0.1, 0.15) is 24.2 Å². The average molecular weight is 511 g/mol. The van der Waals surface area contributed by atoms with Gasteiger partial charge in [-0.25, -0.2) is 28.6 Å². The van der Waals surface area contributed by atoms with Crippen molar-refractivity contribution < 1.29 is 56.3 Å². The number of phosphoric ester groups is 1. The fourth-order valence-corrected chi connectivity index (χ4v) is 5.75. The fraction of sp³-hybridized carbons (Fsp3) is 0.500. The first-order valence-corrected chi connectivity index (χ1v) is 12.6. The molecule has 1 fully saturated rings. The molecule has 168 valence electrons. The lowest BCUT2D eigenvalue weighted by molar-refractivity contribution is -0.0423. The molecule has 3 unspecified atom stereocenters. The van der Waals surface area contributed by atoms with Gasteiger partial charge in [0, 0.05) is 6.42 Å². The van der Waals surface area contributed by atoms with Crippen LogP contribution >= 0.6 is 35.1 Å². The summed E-state index contributed by atoms with van der Waals surface area (Å²) >= 11 is 5.91. The third-order valence-electron chi connectivity index (χ3n) is 3.65. The van der Waals surface area contributed by atoms with Crippen molar-refractivity contribution in [3.8, 4) is 0 Å². The molecule has 3 rings (SSSR count). The number of hydrogen-bond donors (Lipinski definition) is 5. The van der Waals surface area contributed by atoms with Crippen LogP contribution in [0.15, 0.2) is 12.7 Å². The first kappa shape index (κ1) is 23.8. The van der Waals surface area contributed by atoms with E-state index in [9.17, 15) is 23.7 Å². The number of aromatic nitrogens is 4. The Balaban J connectivity index is 1.64. The molecule has 3 heterocycles. The molecule has 0 aliphatic carbocycles. The summed E-state index contributed by atoms with van der Waals surface area (Å²) in [6, 6.07) is 0. The molecule has 20 heteroatoms. The molecule has 2 aromatic heterocycles. The van der Waals surface area contributed by atoms with Crippen LogP contribution in [0.2, 0.25) is 5.15 Å². The molecule has 5 atom stereocenters. The van der Waals surface area contributed by atoms with E-state index in [1.54, 1.807) is 0 Å². The maximum absolute atomic E-state index is 11.8. The summed E-state index contributed by atoms with van der Waals surface area (Å²) in [4.78, 5) is 47.4. The second-order valence-corrected chi connectivity index (χ2v) is 10.6. The van der Waals surface area contributed by atoms with Crippen molar-refractivity contribution in [3.05, 3.63) is 17.8 Å². The maximum atomic E-state index is 11.8. The van der Waals surface area contributed by atoms with Gasteiger partial charge in [-0.05, 0) is 0 Å². The Morgan fingerprint density at radius 1 is 1.13 bits per heavy atom. The fourth-order valence-electron chi connectivity index (χ4n) is 2.54. The summed E-state index contributed by atoms with van der Waals surface area (Å²) in [5.74, 6) is 0. The van der Waals surface area contributed by atoms with Crippen LogP contribution in [0.5, 0.6) is 0 Å². The van der Waals surface area contributed by atoms with Gasteiger partial charge < -0.3 is 29.4 Å². The average Bonchev–Trinajstić information content (AvgIpc) is 3.14. The van der Waals surface area contributed by atoms with Gasteiger partial charge in [0.15, 0.2) is 10.8 Å². The highest BCUT2D eigenvalue weighted by Crippen LogP contribution is 2.66. The molecule has 0 bridgehead atoms. The Bertz CT molecular complexity index is 1080. The molecule has 0 radical (unpaired) electrons. The highest BCUT2D eigenvalue weighted by molar-refractivity contribution is 7.66. The van der Waals surface area contributed by atoms with Crippen LogP contribution in [0.3, 0.4) is 0 Å². The number of halogens is 1. The normalized spacial score (nSPS) is 26.5. The summed E-state index contributed by atoms with van der Waals surface area (Å²) < 4.78 is 52.3. The van der Waals surface area contributed by atoms with Crippen molar-refractivity contribution in [2.75, 3.05) is 6.61 Å². The second kappa shape index (κ2) is 8.60. The zero-order valence-corrected chi connectivity index (χ0v) is 17.8. The van der Waals surface area contributed by atoms with Crippen LogP contribution in [0.1, 0.15) is 12.6 Å². The number of ether oxygens (including phenoxy) is 1. The van der Waals surface area contributed by atoms with Crippen molar-refractivity contribution in [2.24, 2.45) is 0 Å². The molecular weight excluding hydrogens is 497 g/mol. The maximum Gasteiger partial charge on any atom is 0.490 e. The third-order valence-corrected chi connectivity index (χ3v) is 7.73. The van der Waals surface area contributed by atoms with E-state index < -0.39 is 48.5 Å². The van der Waals surface area contributed by atoms with E-state index >= 15 is 0 Å². The summed E-state index contributed by atoms with van der Waals surface area (Å²) in [6.45, 7) is -0.788. The van der Waals surface area contributed by atoms with Crippen molar-refractivity contribution in [2.45, 2.75) is 24.9 Å². The summed E-state index contributed by atoms with van der Waals surface area (Å²) in [5.41, 5.74) is 0.592. The number of nitrogens with zero attached hydrogens (tertiary/aromatic N) is 4. The van der Waals surface area contributed by atoms with E-state index in [1.807, 2.05) is 0 Å². The smallest absolute Gasteiger partial charge is 0.390 e. The largest absolute Gasteiger partial charge is 0.490 e. The quantitative estimate of drug-likeness (QED) is 0.240. The third kappa shape index (κ3) is 5.90. The number of fused-ring (bicyclic) bond motifs is 1. The van der Waals surface area contributed by atoms with E-state index in [2.05, 4.69) is 28.1 Å². The monoisotopic (exact) mass is 510 g/mol. The molecule has 16 nitrogen and oxygen atoms in total. The van der Waals surface area contributed by atoms with Crippen molar-refractivity contribution in [1.82, 2.24) is 19.5 Å². The molecule has 2 aromatic rings. The Kier molecular flexibility index (Phi) is 6.83. The van der Waals surface area contributed by atoms with Gasteiger partial charge in [0.05, 0.1) is 19.0 Å². The molecule has 1 aliphatic heterocycles. The Labute approximate surface area is 171 Å². The number of aliphatic hydroxyl groups is 1. The van der Waals surface area contributed by atoms with Gasteiger partial charge in [-0.2, -0.15) is 8.62 Å². The summed E-state index contributed by atoms with van der Waals surface area (Å²) in [6.07, 6.45) is -0.663. The van der Waals surface area contributed by atoms with Gasteiger partial charge in [-0.3, -0.25) is 9.09 Å². The predicted molar refractivity (Wildman–Crippen MR) is 94.7 cm³/mol. The number of imidazole rings is 1. The summed E-state index contributed by atoms with van der Waals surface area (Å²) in [5, 5.41) is 10.2. The molecular formula is C10H14ClN4O12P3. The Morgan fingerprint density at radius 2 is 1.83 bits per heavy atom. The van der Waals surface area contributed by atoms with E-state index in [0.717, 1.165) is 0 Å². The highest BCUT2D eigenvalue weighted by atomic mass is 35.5. The molecule has 1 aliphatic rings. The molecule has 0 saturated carbocycles. The number of phosphoric acid groups is 3. The van der Waals surface area contributed by atoms with Crippen LogP contribution in [-0.4, -0.2) is 63.0 Å². The van der Waals surface area contributed by atoms with Gasteiger partial charge >= 0.3 is 23.5 Å². The van der Waals surface area contributed by atoms with Crippen LogP contribution < -0.4 is 0 Å². The Hall–Kier alpha value is -0.830. The van der Waals surface area contributed by atoms with E-state index in [1.165, 1.54) is 17.2 Å². The van der Waals surface area contributed by atoms with Crippen molar-refractivity contribution >= 4 is 46.2 Å². The number of aliphatic hydroxyl groups excluding tert-OH is 1. The standard InChI is InChI=1S/C10H14ClN4O12P3/c11-9-8-10(13-3-12-9)15(4-14-8)7-1-5(16)6(25-7)2-24-29(20,21)27-30(22,23)26-28(17,18)19/h3-7,16H,1-2H2,(H,20,21)(H,22,23)(H2,17,18,19)/t5?,6-,7-/m1/s1. The molecule has 5 N–H and O–H groups in total. The minimum absolute atomic E-state index is 0.00247. The SMILES string of the molecule is O=P(O)(O)OP(=O)(O)OP(=O)(O)OC[C@H]1O[C@@H](n2cnc3c(Cl)ncnc32)CC1O. The Morgan fingerprint density at radius 3 is 2.50 bits per heavy atom. The molecule has 0 aromatic carbocycles. The van der Waals surface area contributed by atoms with E-state index in [0.29, 0.717) is 5.65 Å². The topological polar surface area (TPSA) is 233 Å². The molecule has 0 spiro atoms. The number of rotatable bonds is 8. The van der Waals surface area contributed by atoms with Crippen LogP contribution in [0, 0.1) is 0 Å². The molecule has 30 heavy (non-hydrogen) atoms. The minimum Gasteiger partial charge on any atom is -0.390 e. The van der Waals surface area contributed by atoms with Gasteiger partial charge in [0.25, 0.3) is 0 Å². The van der Waals surface area contributed by atoms with Crippen LogP contribution in [0.4, 0.5) is 0 Å². The summed E-state index contributed by atoms with van der Waals surface area (Å²) in [7, 11) is -16.5. The van der Waals surface area contributed by atoms with Gasteiger partial charge in [0.2, 0.25) is 0 Å². The number of hydrogen-bond acceptors (Lipinski definition) is 11. The lowest BCUT2D eigenvalue weighted by atomic mass is 10.2. The zero-order valence-electron chi connectivity index (χ0n) is 14.4. The first-order valence-electron chi connectivity index (χ1n) is 7.71. The minimum atomic E-state index is -5.64. The lowest BCUT2D eigenvalue weighted by Crippen LogP contribution is -2.26. The highest BCUT2D eigenvalue weighted by Gasteiger charge is 2.43. The second-order valence-electron chi connectivity index (χ2n) is 5.81. The molecule has 1 saturated heterocycles. The van der Waals surface area contributed by atoms with Gasteiger partial charge in [-0.1, -0.05) is 11.6 Å². The van der Waals surface area contributed by atoms with Crippen molar-refractivity contribution in [3.63, 3.8) is 0 Å². The zero-order chi connectivity index (χ0) is 22.3. The lowest BCUT2D eigenvalue weighted by Gasteiger charge is -2.19. The van der Waals surface area contributed by atoms with Crippen molar-refractivity contribution in [1.29, 1.82) is 0 Å². The van der Waals surface area contributed by atoms with Gasteiger partial charge in [-0.15, -0.1) is 0 Å². The molecule has 0 amide bonds. The van der Waals surface area contributed by atoms with E-state index in [-0.39, 0.29) is 17.1 Å².